The number of carbonyl (C=O) groups is 3. The van der Waals surface area contributed by atoms with Crippen LogP contribution in [0.5, 0.6) is 11.5 Å². The number of hydrogen-bond acceptors (Lipinski definition) is 5. The summed E-state index contributed by atoms with van der Waals surface area (Å²) in [6.45, 7) is 2.23. The summed E-state index contributed by atoms with van der Waals surface area (Å²) in [6, 6.07) is 21.2. The van der Waals surface area contributed by atoms with Crippen molar-refractivity contribution in [1.82, 2.24) is 0 Å². The van der Waals surface area contributed by atoms with Crippen molar-refractivity contribution in [3.8, 4) is 11.5 Å². The second-order valence-electron chi connectivity index (χ2n) is 8.25. The summed E-state index contributed by atoms with van der Waals surface area (Å²) in [5.41, 5.74) is 3.07. The van der Waals surface area contributed by atoms with Crippen molar-refractivity contribution < 1.29 is 23.9 Å². The number of carbonyl (C=O) groups excluding carboxylic acids is 3. The van der Waals surface area contributed by atoms with Crippen LogP contribution in [0.1, 0.15) is 22.3 Å². The van der Waals surface area contributed by atoms with Gasteiger partial charge in [-0.05, 0) is 67.6 Å². The Morgan fingerprint density at radius 2 is 1.53 bits per heavy atom. The van der Waals surface area contributed by atoms with Crippen LogP contribution in [0.2, 0.25) is 0 Å². The van der Waals surface area contributed by atoms with Crippen LogP contribution in [0, 0.1) is 12.8 Å². The number of benzene rings is 3. The minimum absolute atomic E-state index is 0.0940. The third-order valence-corrected chi connectivity index (χ3v) is 5.89. The molecular formula is C27H26N2O5. The van der Waals surface area contributed by atoms with Gasteiger partial charge in [-0.1, -0.05) is 17.7 Å². The molecule has 1 atom stereocenters. The predicted molar refractivity (Wildman–Crippen MR) is 129 cm³/mol. The molecule has 1 fully saturated rings. The number of ether oxygens (including phenoxy) is 2. The van der Waals surface area contributed by atoms with Crippen molar-refractivity contribution in [2.75, 3.05) is 30.5 Å². The minimum Gasteiger partial charge on any atom is -0.497 e. The fourth-order valence-corrected chi connectivity index (χ4v) is 3.82. The third-order valence-electron chi connectivity index (χ3n) is 5.89. The van der Waals surface area contributed by atoms with Crippen LogP contribution in [0.4, 0.5) is 11.4 Å². The maximum absolute atomic E-state index is 12.7. The van der Waals surface area contributed by atoms with Gasteiger partial charge in [0.05, 0.1) is 13.0 Å². The number of nitrogens with zero attached hydrogens (tertiary/aromatic N) is 2. The molecule has 34 heavy (non-hydrogen) atoms. The summed E-state index contributed by atoms with van der Waals surface area (Å²) >= 11 is 0. The first-order chi connectivity index (χ1) is 16.4. The Hall–Kier alpha value is -4.13. The average Bonchev–Trinajstić information content (AvgIpc) is 3.26. The maximum Gasteiger partial charge on any atom is 0.316 e. The van der Waals surface area contributed by atoms with Gasteiger partial charge >= 0.3 is 5.97 Å². The van der Waals surface area contributed by atoms with E-state index in [2.05, 4.69) is 0 Å². The Kier molecular flexibility index (Phi) is 6.63. The van der Waals surface area contributed by atoms with Crippen LogP contribution in [0.3, 0.4) is 0 Å². The van der Waals surface area contributed by atoms with Crippen molar-refractivity contribution in [2.24, 2.45) is 5.92 Å². The summed E-state index contributed by atoms with van der Waals surface area (Å²) in [5, 5.41) is 0. The lowest BCUT2D eigenvalue weighted by Gasteiger charge is -2.18. The molecule has 1 saturated heterocycles. The molecule has 3 aromatic carbocycles. The highest BCUT2D eigenvalue weighted by Crippen LogP contribution is 2.28. The zero-order chi connectivity index (χ0) is 24.2. The summed E-state index contributed by atoms with van der Waals surface area (Å²) in [6.07, 6.45) is 0.0940. The van der Waals surface area contributed by atoms with E-state index in [0.29, 0.717) is 28.4 Å². The largest absolute Gasteiger partial charge is 0.497 e. The Labute approximate surface area is 198 Å². The maximum atomic E-state index is 12.7. The lowest BCUT2D eigenvalue weighted by molar-refractivity contribution is -0.139. The van der Waals surface area contributed by atoms with E-state index in [-0.39, 0.29) is 24.8 Å². The number of rotatable bonds is 6. The monoisotopic (exact) mass is 458 g/mol. The SMILES string of the molecule is COc1ccc(N2CC(C(=O)Oc3ccc(N(C)C(=O)c4ccc(C)cc4)cc3)CC2=O)cc1. The molecule has 3 aromatic rings. The summed E-state index contributed by atoms with van der Waals surface area (Å²) < 4.78 is 10.7. The molecule has 4 rings (SSSR count). The number of methoxy groups -OCH3 is 1. The summed E-state index contributed by atoms with van der Waals surface area (Å²) in [5.74, 6) is -0.214. The van der Waals surface area contributed by atoms with E-state index in [9.17, 15) is 14.4 Å². The van der Waals surface area contributed by atoms with Gasteiger partial charge in [0.1, 0.15) is 11.5 Å². The van der Waals surface area contributed by atoms with Crippen LogP contribution in [-0.2, 0) is 9.59 Å². The molecule has 2 amide bonds. The molecule has 0 aliphatic carbocycles. The van der Waals surface area contributed by atoms with E-state index in [4.69, 9.17) is 9.47 Å². The highest BCUT2D eigenvalue weighted by Gasteiger charge is 2.36. The first kappa shape index (κ1) is 23.0. The highest BCUT2D eigenvalue weighted by atomic mass is 16.5. The molecule has 174 valence electrons. The normalized spacial score (nSPS) is 15.2. The third kappa shape index (κ3) is 4.93. The van der Waals surface area contributed by atoms with Crippen molar-refractivity contribution >= 4 is 29.2 Å². The second kappa shape index (κ2) is 9.79. The molecule has 1 aliphatic heterocycles. The Bertz CT molecular complexity index is 1190. The predicted octanol–water partition coefficient (Wildman–Crippen LogP) is 4.24. The molecular weight excluding hydrogens is 432 g/mol. The van der Waals surface area contributed by atoms with Crippen molar-refractivity contribution in [1.29, 1.82) is 0 Å². The zero-order valence-corrected chi connectivity index (χ0v) is 19.4. The molecule has 0 N–H and O–H groups in total. The minimum atomic E-state index is -0.555. The number of aryl methyl sites for hydroxylation is 1. The molecule has 0 spiro atoms. The molecule has 0 aromatic heterocycles. The van der Waals surface area contributed by atoms with E-state index in [1.54, 1.807) is 84.6 Å². The van der Waals surface area contributed by atoms with E-state index in [1.807, 2.05) is 19.1 Å². The Balaban J connectivity index is 1.37. The first-order valence-corrected chi connectivity index (χ1v) is 11.0. The smallest absolute Gasteiger partial charge is 0.316 e. The standard InChI is InChI=1S/C27H26N2O5/c1-18-4-6-19(7-5-18)26(31)28(2)21-8-14-24(15-9-21)34-27(32)20-16-25(30)29(17-20)22-10-12-23(33-3)13-11-22/h4-15,20H,16-17H2,1-3H3. The Morgan fingerprint density at radius 3 is 2.15 bits per heavy atom. The quantitative estimate of drug-likeness (QED) is 0.408. The van der Waals surface area contributed by atoms with Crippen LogP contribution >= 0.6 is 0 Å². The van der Waals surface area contributed by atoms with Gasteiger partial charge in [-0.25, -0.2) is 0 Å². The first-order valence-electron chi connectivity index (χ1n) is 11.0. The lowest BCUT2D eigenvalue weighted by atomic mass is 10.1. The average molecular weight is 459 g/mol. The van der Waals surface area contributed by atoms with Gasteiger partial charge in [-0.3, -0.25) is 14.4 Å². The number of esters is 1. The molecule has 1 unspecified atom stereocenters. The van der Waals surface area contributed by atoms with Gasteiger partial charge in [0, 0.05) is 37.0 Å². The molecule has 7 heteroatoms. The van der Waals surface area contributed by atoms with Crippen LogP contribution < -0.4 is 19.3 Å². The zero-order valence-electron chi connectivity index (χ0n) is 19.4. The summed E-state index contributed by atoms with van der Waals surface area (Å²) in [7, 11) is 3.27. The van der Waals surface area contributed by atoms with Crippen molar-refractivity contribution in [2.45, 2.75) is 13.3 Å². The fraction of sp³-hybridized carbons (Fsp3) is 0.222. The highest BCUT2D eigenvalue weighted by molar-refractivity contribution is 6.05. The number of hydrogen-bond donors (Lipinski definition) is 0. The fourth-order valence-electron chi connectivity index (χ4n) is 3.82. The van der Waals surface area contributed by atoms with Gasteiger partial charge in [0.15, 0.2) is 0 Å². The van der Waals surface area contributed by atoms with Crippen LogP contribution in [-0.4, -0.2) is 38.5 Å². The van der Waals surface area contributed by atoms with E-state index in [1.165, 1.54) is 0 Å². The van der Waals surface area contributed by atoms with Gasteiger partial charge in [0.25, 0.3) is 5.91 Å². The second-order valence-corrected chi connectivity index (χ2v) is 8.25. The molecule has 7 nitrogen and oxygen atoms in total. The van der Waals surface area contributed by atoms with Gasteiger partial charge in [-0.15, -0.1) is 0 Å². The molecule has 1 aliphatic rings. The molecule has 0 bridgehead atoms. The van der Waals surface area contributed by atoms with E-state index < -0.39 is 11.9 Å². The van der Waals surface area contributed by atoms with E-state index >= 15 is 0 Å². The topological polar surface area (TPSA) is 76.2 Å². The van der Waals surface area contributed by atoms with Crippen LogP contribution in [0.25, 0.3) is 0 Å². The molecule has 1 heterocycles. The van der Waals surface area contributed by atoms with E-state index in [0.717, 1.165) is 5.56 Å². The van der Waals surface area contributed by atoms with Crippen molar-refractivity contribution in [3.05, 3.63) is 83.9 Å². The van der Waals surface area contributed by atoms with Gasteiger partial charge < -0.3 is 19.3 Å². The van der Waals surface area contributed by atoms with Gasteiger partial charge in [0.2, 0.25) is 5.91 Å². The van der Waals surface area contributed by atoms with Gasteiger partial charge in [-0.2, -0.15) is 0 Å². The van der Waals surface area contributed by atoms with Crippen LogP contribution in [0.15, 0.2) is 72.8 Å². The number of anilines is 2. The summed E-state index contributed by atoms with van der Waals surface area (Å²) in [4.78, 5) is 41.0. The molecule has 0 saturated carbocycles. The number of amides is 2. The van der Waals surface area contributed by atoms with Crippen molar-refractivity contribution in [3.63, 3.8) is 0 Å². The Morgan fingerprint density at radius 1 is 0.912 bits per heavy atom. The lowest BCUT2D eigenvalue weighted by Crippen LogP contribution is -2.27. The molecule has 0 radical (unpaired) electrons.